The van der Waals surface area contributed by atoms with Gasteiger partial charge in [0.05, 0.1) is 15.6 Å². The van der Waals surface area contributed by atoms with Gasteiger partial charge in [-0.15, -0.1) is 11.3 Å². The first-order valence-corrected chi connectivity index (χ1v) is 13.2. The quantitative estimate of drug-likeness (QED) is 0.450. The van der Waals surface area contributed by atoms with Gasteiger partial charge in [0, 0.05) is 35.6 Å². The molecule has 176 valence electrons. The zero-order chi connectivity index (χ0) is 23.4. The summed E-state index contributed by atoms with van der Waals surface area (Å²) in [5.74, 6) is 1.13. The van der Waals surface area contributed by atoms with E-state index in [1.54, 1.807) is 17.7 Å². The number of hydrogen-bond acceptors (Lipinski definition) is 8. The molecule has 8 nitrogen and oxygen atoms in total. The topological polar surface area (TPSA) is 94.2 Å². The molecule has 4 heterocycles. The molecular weight excluding hydrogens is 468 g/mol. The van der Waals surface area contributed by atoms with Crippen LogP contribution in [0.2, 0.25) is 0 Å². The number of H-pyrrole nitrogens is 1. The van der Waals surface area contributed by atoms with E-state index >= 15 is 0 Å². The predicted octanol–water partition coefficient (Wildman–Crippen LogP) is 3.61. The van der Waals surface area contributed by atoms with Crippen molar-refractivity contribution in [3.63, 3.8) is 0 Å². The molecule has 1 unspecified atom stereocenters. The summed E-state index contributed by atoms with van der Waals surface area (Å²) >= 11 is 2.88. The molecule has 2 N–H and O–H groups in total. The van der Waals surface area contributed by atoms with E-state index in [0.29, 0.717) is 11.9 Å². The number of hydrogen-bond donors (Lipinski definition) is 2. The maximum atomic E-state index is 13.3. The van der Waals surface area contributed by atoms with Crippen LogP contribution < -0.4 is 10.2 Å². The van der Waals surface area contributed by atoms with E-state index in [4.69, 9.17) is 0 Å². The Hall–Kier alpha value is -2.82. The minimum atomic E-state index is -0.0567. The standard InChI is InChI=1S/C24H26N6O2S2/c1-29(2)15-7-8-30(11-15)23(31)13-3-5-16-18(9-13)33-22-20(16)21(25-12-26-22)27-14-4-6-17-19(10-14)34-24(32)28-17/h4,6,10,12-13,15H,3,5,7-9,11H2,1-2H3,(H,28,32)(H,25,26,27)/t13-,15?/m1/s1. The highest BCUT2D eigenvalue weighted by atomic mass is 32.1. The predicted molar refractivity (Wildman–Crippen MR) is 137 cm³/mol. The number of aromatic nitrogens is 3. The minimum absolute atomic E-state index is 0.0459. The number of thiazole rings is 1. The number of aromatic amines is 1. The van der Waals surface area contributed by atoms with Crippen LogP contribution in [-0.2, 0) is 17.6 Å². The van der Waals surface area contributed by atoms with Gasteiger partial charge in [-0.2, -0.15) is 0 Å². The number of carbonyl (C=O) groups excluding carboxylic acids is 1. The summed E-state index contributed by atoms with van der Waals surface area (Å²) in [6, 6.07) is 6.29. The van der Waals surface area contributed by atoms with Crippen LogP contribution in [0.15, 0.2) is 29.3 Å². The molecular formula is C24H26N6O2S2. The molecule has 2 atom stereocenters. The van der Waals surface area contributed by atoms with E-state index in [0.717, 1.165) is 70.7 Å². The molecule has 1 aromatic carbocycles. The number of aryl methyl sites for hydroxylation is 1. The molecule has 1 fully saturated rings. The van der Waals surface area contributed by atoms with Gasteiger partial charge in [0.15, 0.2) is 0 Å². The van der Waals surface area contributed by atoms with Crippen molar-refractivity contribution in [1.82, 2.24) is 24.8 Å². The lowest BCUT2D eigenvalue weighted by molar-refractivity contribution is -0.134. The third-order valence-electron chi connectivity index (χ3n) is 7.08. The molecule has 2 aliphatic rings. The van der Waals surface area contributed by atoms with E-state index in [-0.39, 0.29) is 10.8 Å². The number of nitrogens with one attached hydrogen (secondary N) is 2. The van der Waals surface area contributed by atoms with Crippen molar-refractivity contribution in [2.45, 2.75) is 31.7 Å². The molecule has 0 radical (unpaired) electrons. The average Bonchev–Trinajstić information content (AvgIpc) is 3.54. The molecule has 1 saturated heterocycles. The summed E-state index contributed by atoms with van der Waals surface area (Å²) in [5.41, 5.74) is 3.00. The second-order valence-electron chi connectivity index (χ2n) is 9.39. The highest BCUT2D eigenvalue weighted by Gasteiger charge is 2.35. The monoisotopic (exact) mass is 494 g/mol. The highest BCUT2D eigenvalue weighted by molar-refractivity contribution is 7.19. The van der Waals surface area contributed by atoms with Crippen molar-refractivity contribution < 1.29 is 4.79 Å². The van der Waals surface area contributed by atoms with Gasteiger partial charge in [0.1, 0.15) is 17.0 Å². The van der Waals surface area contributed by atoms with Gasteiger partial charge in [0.25, 0.3) is 0 Å². The first kappa shape index (κ1) is 21.7. The molecule has 0 bridgehead atoms. The number of carbonyl (C=O) groups is 1. The van der Waals surface area contributed by atoms with Gasteiger partial charge in [0.2, 0.25) is 5.91 Å². The van der Waals surface area contributed by atoms with Crippen LogP contribution in [0.1, 0.15) is 23.3 Å². The summed E-state index contributed by atoms with van der Waals surface area (Å²) in [6.07, 6.45) is 5.14. The first-order valence-electron chi connectivity index (χ1n) is 11.6. The van der Waals surface area contributed by atoms with Crippen LogP contribution in [-0.4, -0.2) is 63.9 Å². The summed E-state index contributed by atoms with van der Waals surface area (Å²) < 4.78 is 0.910. The van der Waals surface area contributed by atoms with E-state index in [1.165, 1.54) is 21.8 Å². The Labute approximate surface area is 204 Å². The van der Waals surface area contributed by atoms with Crippen LogP contribution in [0.4, 0.5) is 11.5 Å². The number of likely N-dealkylation sites (tertiary alicyclic amines) is 1. The fourth-order valence-corrected chi connectivity index (χ4v) is 7.24. The fourth-order valence-electron chi connectivity index (χ4n) is 5.20. The minimum Gasteiger partial charge on any atom is -0.341 e. The number of fused-ring (bicyclic) bond motifs is 4. The number of anilines is 2. The van der Waals surface area contributed by atoms with E-state index < -0.39 is 0 Å². The smallest absolute Gasteiger partial charge is 0.305 e. The van der Waals surface area contributed by atoms with Crippen molar-refractivity contribution in [2.75, 3.05) is 32.5 Å². The summed E-state index contributed by atoms with van der Waals surface area (Å²) in [7, 11) is 4.18. The third-order valence-corrected chi connectivity index (χ3v) is 9.09. The summed E-state index contributed by atoms with van der Waals surface area (Å²) in [5, 5.41) is 4.50. The van der Waals surface area contributed by atoms with Gasteiger partial charge in [-0.25, -0.2) is 9.97 Å². The molecule has 1 aliphatic heterocycles. The van der Waals surface area contributed by atoms with Crippen LogP contribution in [0.5, 0.6) is 0 Å². The molecule has 4 aromatic rings. The Morgan fingerprint density at radius 1 is 1.24 bits per heavy atom. The van der Waals surface area contributed by atoms with E-state index in [9.17, 15) is 9.59 Å². The lowest BCUT2D eigenvalue weighted by Crippen LogP contribution is -2.39. The van der Waals surface area contributed by atoms with Gasteiger partial charge in [-0.1, -0.05) is 11.3 Å². The normalized spacial score (nSPS) is 20.4. The average molecular weight is 495 g/mol. The summed E-state index contributed by atoms with van der Waals surface area (Å²) in [6.45, 7) is 1.69. The Kier molecular flexibility index (Phi) is 5.39. The van der Waals surface area contributed by atoms with Crippen molar-refractivity contribution in [1.29, 1.82) is 0 Å². The molecule has 1 aliphatic carbocycles. The maximum Gasteiger partial charge on any atom is 0.305 e. The first-order chi connectivity index (χ1) is 16.5. The molecule has 0 saturated carbocycles. The second kappa shape index (κ2) is 8.44. The highest BCUT2D eigenvalue weighted by Crippen LogP contribution is 2.41. The Morgan fingerprint density at radius 2 is 2.12 bits per heavy atom. The van der Waals surface area contributed by atoms with Gasteiger partial charge >= 0.3 is 4.87 Å². The summed E-state index contributed by atoms with van der Waals surface area (Å²) in [4.78, 5) is 43.3. The number of nitrogens with zero attached hydrogens (tertiary/aromatic N) is 4. The zero-order valence-corrected chi connectivity index (χ0v) is 20.8. The second-order valence-corrected chi connectivity index (χ2v) is 11.5. The Morgan fingerprint density at radius 3 is 2.94 bits per heavy atom. The van der Waals surface area contributed by atoms with Crippen LogP contribution in [0, 0.1) is 5.92 Å². The Bertz CT molecular complexity index is 1450. The van der Waals surface area contributed by atoms with Crippen LogP contribution in [0.25, 0.3) is 20.4 Å². The molecule has 3 aromatic heterocycles. The van der Waals surface area contributed by atoms with Gasteiger partial charge in [-0.3, -0.25) is 9.59 Å². The largest absolute Gasteiger partial charge is 0.341 e. The molecule has 0 spiro atoms. The lowest BCUT2D eigenvalue weighted by atomic mass is 9.87. The van der Waals surface area contributed by atoms with E-state index in [1.807, 2.05) is 18.2 Å². The number of thiophene rings is 1. The van der Waals surface area contributed by atoms with Crippen molar-refractivity contribution in [3.8, 4) is 0 Å². The van der Waals surface area contributed by atoms with Gasteiger partial charge in [-0.05, 0) is 63.5 Å². The third kappa shape index (κ3) is 3.79. The number of rotatable bonds is 4. The van der Waals surface area contributed by atoms with E-state index in [2.05, 4.69) is 44.2 Å². The maximum absolute atomic E-state index is 13.3. The van der Waals surface area contributed by atoms with Crippen LogP contribution in [0.3, 0.4) is 0 Å². The van der Waals surface area contributed by atoms with Crippen molar-refractivity contribution >= 4 is 60.5 Å². The van der Waals surface area contributed by atoms with Crippen molar-refractivity contribution in [2.24, 2.45) is 5.92 Å². The molecule has 34 heavy (non-hydrogen) atoms. The van der Waals surface area contributed by atoms with Gasteiger partial charge < -0.3 is 20.1 Å². The van der Waals surface area contributed by atoms with Crippen molar-refractivity contribution in [3.05, 3.63) is 44.6 Å². The fraction of sp³-hybridized carbons (Fsp3) is 0.417. The number of likely N-dealkylation sites (N-methyl/N-ethyl adjacent to an activating group) is 1. The SMILES string of the molecule is CN(C)C1CCN(C(=O)[C@@H]2CCc3c(sc4ncnc(Nc5ccc6[nH]c(=O)sc6c5)c34)C2)C1. The number of benzene rings is 1. The van der Waals surface area contributed by atoms with Crippen LogP contribution >= 0.6 is 22.7 Å². The zero-order valence-electron chi connectivity index (χ0n) is 19.1. The molecule has 1 amide bonds. The molecule has 10 heteroatoms. The number of amides is 1. The Balaban J connectivity index is 1.26. The molecule has 6 rings (SSSR count). The lowest BCUT2D eigenvalue weighted by Gasteiger charge is -2.27.